The van der Waals surface area contributed by atoms with Gasteiger partial charge in [-0.2, -0.15) is 0 Å². The number of rotatable bonds is 2. The minimum absolute atomic E-state index is 0.116. The summed E-state index contributed by atoms with van der Waals surface area (Å²) in [4.78, 5) is 0. The van der Waals surface area contributed by atoms with Crippen molar-refractivity contribution in [2.75, 3.05) is 0 Å². The fourth-order valence-corrected chi connectivity index (χ4v) is 6.90. The maximum atomic E-state index is 7.09. The smallest absolute Gasteiger partial charge is 0.634 e. The van der Waals surface area contributed by atoms with E-state index in [0.29, 0.717) is 0 Å². The monoisotopic (exact) mass is 569 g/mol. The molecule has 0 saturated heterocycles. The van der Waals surface area contributed by atoms with E-state index in [1.54, 1.807) is 0 Å². The highest BCUT2D eigenvalue weighted by Crippen LogP contribution is 2.49. The van der Waals surface area contributed by atoms with Crippen LogP contribution in [-0.2, 0) is 4.76 Å². The number of hydroxylamine groups is 1. The molecule has 2 aliphatic rings. The van der Waals surface area contributed by atoms with E-state index < -0.39 is 6.75 Å². The molecule has 0 aromatic heterocycles. The zero-order valence-electron chi connectivity index (χ0n) is 24.2. The van der Waals surface area contributed by atoms with E-state index in [1.165, 1.54) is 10.8 Å². The molecule has 1 atom stereocenters. The van der Waals surface area contributed by atoms with E-state index in [4.69, 9.17) is 14.1 Å². The van der Waals surface area contributed by atoms with Crippen LogP contribution in [0.15, 0.2) is 140 Å². The van der Waals surface area contributed by atoms with Gasteiger partial charge in [0.15, 0.2) is 0 Å². The van der Waals surface area contributed by atoms with Gasteiger partial charge in [-0.1, -0.05) is 132 Å². The van der Waals surface area contributed by atoms with Crippen molar-refractivity contribution in [1.82, 2.24) is 0 Å². The highest BCUT2D eigenvalue weighted by Gasteiger charge is 2.50. The second kappa shape index (κ2) is 9.48. The van der Waals surface area contributed by atoms with Crippen molar-refractivity contribution in [2.45, 2.75) is 13.0 Å². The Bertz CT molecular complexity index is 2220. The summed E-state index contributed by atoms with van der Waals surface area (Å²) in [6.45, 7) is -0.348. The first-order chi connectivity index (χ1) is 21.7. The molecular formula is C39H28BNO3. The number of benzene rings is 7. The van der Waals surface area contributed by atoms with Crippen molar-refractivity contribution in [3.63, 3.8) is 0 Å². The lowest BCUT2D eigenvalue weighted by Gasteiger charge is -2.41. The van der Waals surface area contributed by atoms with Gasteiger partial charge in [-0.25, -0.2) is 0 Å². The van der Waals surface area contributed by atoms with Crippen LogP contribution in [0.2, 0.25) is 0 Å². The Balaban J connectivity index is 1.27. The lowest BCUT2D eigenvalue weighted by Crippen LogP contribution is -2.66. The zero-order valence-corrected chi connectivity index (χ0v) is 24.2. The topological polar surface area (TPSA) is 30.7 Å². The summed E-state index contributed by atoms with van der Waals surface area (Å²) in [7, 11) is 0. The van der Waals surface area contributed by atoms with E-state index in [0.717, 1.165) is 60.8 Å². The van der Waals surface area contributed by atoms with E-state index in [1.807, 2.05) is 16.9 Å². The zero-order chi connectivity index (χ0) is 29.3. The Kier molecular flexibility index (Phi) is 5.39. The molecule has 0 radical (unpaired) electrons. The molecule has 2 aliphatic heterocycles. The van der Waals surface area contributed by atoms with Gasteiger partial charge in [0.2, 0.25) is 12.3 Å². The highest BCUT2D eigenvalue weighted by atomic mass is 16.8. The SMILES string of the molecule is C[C@@H](c1ccc2ccccc2c1)[N+]1=Cc2ccccc2[B-]2(Oc3ccc4ccccc4c3-c3c(ccc4ccccc34)O2)O1. The number of nitrogens with zero attached hydrogens (tertiary/aromatic N) is 1. The second-order valence-corrected chi connectivity index (χ2v) is 11.7. The maximum Gasteiger partial charge on any atom is 0.634 e. The van der Waals surface area contributed by atoms with Crippen molar-refractivity contribution in [2.24, 2.45) is 0 Å². The maximum absolute atomic E-state index is 7.09. The van der Waals surface area contributed by atoms with Crippen LogP contribution in [0.5, 0.6) is 11.5 Å². The van der Waals surface area contributed by atoms with Gasteiger partial charge in [0.25, 0.3) is 0 Å². The first kappa shape index (κ1) is 25.0. The van der Waals surface area contributed by atoms with Crippen molar-refractivity contribution in [1.29, 1.82) is 0 Å². The van der Waals surface area contributed by atoms with Crippen molar-refractivity contribution in [3.8, 4) is 22.6 Å². The minimum atomic E-state index is -2.50. The standard InChI is InChI=1S/C39H28BNO3/c1-26(30-19-18-27-10-2-3-13-31(27)24-30)41-25-32-14-6-9-17-35(32)40(44-41)42-36-22-20-28-11-4-7-15-33(28)38(36)39-34-16-8-5-12-29(34)21-23-37(39)43-40/h2-26H,1H3/t26-/m0/s1. The molecule has 7 aromatic carbocycles. The molecular weight excluding hydrogens is 541 g/mol. The molecule has 9 rings (SSSR count). The van der Waals surface area contributed by atoms with Gasteiger partial charge >= 0.3 is 6.75 Å². The number of fused-ring (bicyclic) bond motifs is 10. The van der Waals surface area contributed by atoms with E-state index in [-0.39, 0.29) is 6.04 Å². The minimum Gasteiger partial charge on any atom is -0.642 e. The summed E-state index contributed by atoms with van der Waals surface area (Å²) in [6.07, 6.45) is 2.06. The molecule has 44 heavy (non-hydrogen) atoms. The fourth-order valence-electron chi connectivity index (χ4n) is 6.90. The van der Waals surface area contributed by atoms with Gasteiger partial charge in [-0.3, -0.25) is 0 Å². The van der Waals surface area contributed by atoms with Gasteiger partial charge in [0, 0.05) is 29.2 Å². The molecule has 0 N–H and O–H groups in total. The lowest BCUT2D eigenvalue weighted by molar-refractivity contribution is -0.783. The van der Waals surface area contributed by atoms with E-state index in [2.05, 4.69) is 141 Å². The summed E-state index contributed by atoms with van der Waals surface area (Å²) >= 11 is 0. The van der Waals surface area contributed by atoms with Crippen LogP contribution in [0.3, 0.4) is 0 Å². The predicted molar refractivity (Wildman–Crippen MR) is 179 cm³/mol. The predicted octanol–water partition coefficient (Wildman–Crippen LogP) is 8.57. The molecule has 1 spiro atoms. The summed E-state index contributed by atoms with van der Waals surface area (Å²) in [5.41, 5.74) is 5.03. The molecule has 5 heteroatoms. The molecule has 0 amide bonds. The average Bonchev–Trinajstić information content (AvgIpc) is 3.22. The lowest BCUT2D eigenvalue weighted by atomic mass is 9.66. The van der Waals surface area contributed by atoms with E-state index >= 15 is 0 Å². The van der Waals surface area contributed by atoms with Crippen LogP contribution in [0, 0.1) is 0 Å². The van der Waals surface area contributed by atoms with Crippen LogP contribution in [-0.4, -0.2) is 17.7 Å². The Morgan fingerprint density at radius 3 is 1.77 bits per heavy atom. The van der Waals surface area contributed by atoms with Gasteiger partial charge in [0.05, 0.1) is 11.5 Å². The molecule has 0 saturated carbocycles. The normalized spacial score (nSPS) is 15.2. The van der Waals surface area contributed by atoms with Crippen LogP contribution in [0.1, 0.15) is 24.1 Å². The average molecular weight is 569 g/mol. The summed E-state index contributed by atoms with van der Waals surface area (Å²) < 4.78 is 23.1. The summed E-state index contributed by atoms with van der Waals surface area (Å²) in [5, 5.41) is 6.90. The Morgan fingerprint density at radius 1 is 0.545 bits per heavy atom. The van der Waals surface area contributed by atoms with Gasteiger partial charge in [-0.15, -0.1) is 0 Å². The quantitative estimate of drug-likeness (QED) is 0.154. The first-order valence-corrected chi connectivity index (χ1v) is 15.1. The molecule has 0 aliphatic carbocycles. The van der Waals surface area contributed by atoms with Gasteiger partial charge < -0.3 is 14.1 Å². The van der Waals surface area contributed by atoms with Gasteiger partial charge in [0.1, 0.15) is 0 Å². The molecule has 0 unspecified atom stereocenters. The second-order valence-electron chi connectivity index (χ2n) is 11.7. The van der Waals surface area contributed by atoms with Crippen molar-refractivity contribution in [3.05, 3.63) is 151 Å². The fraction of sp³-hybridized carbons (Fsp3) is 0.0513. The molecule has 7 aromatic rings. The first-order valence-electron chi connectivity index (χ1n) is 15.1. The highest BCUT2D eigenvalue weighted by molar-refractivity contribution is 6.78. The van der Waals surface area contributed by atoms with E-state index in [9.17, 15) is 0 Å². The number of hydrogen-bond donors (Lipinski definition) is 0. The van der Waals surface area contributed by atoms with Crippen LogP contribution in [0.4, 0.5) is 0 Å². The van der Waals surface area contributed by atoms with Crippen molar-refractivity contribution >= 4 is 50.7 Å². The summed E-state index contributed by atoms with van der Waals surface area (Å²) in [6, 6.07) is 48.3. The molecule has 0 fully saturated rings. The summed E-state index contributed by atoms with van der Waals surface area (Å²) in [5.74, 6) is 1.46. The van der Waals surface area contributed by atoms with Crippen LogP contribution in [0.25, 0.3) is 43.4 Å². The molecule has 0 bridgehead atoms. The third-order valence-electron chi connectivity index (χ3n) is 9.14. The third kappa shape index (κ3) is 3.76. The molecule has 4 nitrogen and oxygen atoms in total. The van der Waals surface area contributed by atoms with Crippen LogP contribution >= 0.6 is 0 Å². The van der Waals surface area contributed by atoms with Crippen LogP contribution < -0.4 is 14.8 Å². The van der Waals surface area contributed by atoms with Crippen molar-refractivity contribution < 1.29 is 18.8 Å². The number of hydrogen-bond acceptors (Lipinski definition) is 3. The molecule has 210 valence electrons. The Hall–Kier alpha value is -5.55. The molecule has 2 heterocycles. The largest absolute Gasteiger partial charge is 0.642 e. The Labute approximate surface area is 255 Å². The Morgan fingerprint density at radius 2 is 1.09 bits per heavy atom. The van der Waals surface area contributed by atoms with Gasteiger partial charge in [-0.05, 0) is 50.5 Å². The third-order valence-corrected chi connectivity index (χ3v) is 9.14.